The molecule has 0 saturated carbocycles. The number of benzene rings is 1. The predicted octanol–water partition coefficient (Wildman–Crippen LogP) is 1.44. The first kappa shape index (κ1) is 12.7. The van der Waals surface area contributed by atoms with Gasteiger partial charge in [-0.05, 0) is 30.7 Å². The number of carbonyl (C=O) groups excluding carboxylic acids is 4. The normalized spacial score (nSPS) is 18.9. The molecule has 100 valence electrons. The maximum absolute atomic E-state index is 12.2. The van der Waals surface area contributed by atoms with Gasteiger partial charge in [0.15, 0.2) is 0 Å². The molecule has 1 aliphatic carbocycles. The molecule has 1 heterocycles. The van der Waals surface area contributed by atoms with Gasteiger partial charge >= 0.3 is 0 Å². The van der Waals surface area contributed by atoms with E-state index in [-0.39, 0.29) is 24.0 Å². The zero-order chi connectivity index (χ0) is 14.4. The quantitative estimate of drug-likeness (QED) is 0.445. The summed E-state index contributed by atoms with van der Waals surface area (Å²) in [4.78, 5) is 48.5. The first-order chi connectivity index (χ1) is 9.50. The highest BCUT2D eigenvalue weighted by Crippen LogP contribution is 2.33. The lowest BCUT2D eigenvalue weighted by Gasteiger charge is -2.14. The molecule has 0 unspecified atom stereocenters. The van der Waals surface area contributed by atoms with Gasteiger partial charge in [0.25, 0.3) is 11.8 Å². The number of amides is 2. The summed E-state index contributed by atoms with van der Waals surface area (Å²) in [6.07, 6.45) is 0.111. The highest BCUT2D eigenvalue weighted by molar-refractivity contribution is 6.56. The lowest BCUT2D eigenvalue weighted by Crippen LogP contribution is -2.32. The fraction of sp³-hybridized carbons (Fsp3) is 0.143. The second kappa shape index (κ2) is 4.38. The summed E-state index contributed by atoms with van der Waals surface area (Å²) in [5, 5.41) is 0.469. The second-order valence-electron chi connectivity index (χ2n) is 4.53. The maximum Gasteiger partial charge on any atom is 0.269 e. The van der Waals surface area contributed by atoms with Gasteiger partial charge in [-0.25, -0.2) is 4.90 Å². The van der Waals surface area contributed by atoms with Gasteiger partial charge in [-0.15, -0.1) is 0 Å². The van der Waals surface area contributed by atoms with E-state index in [1.165, 1.54) is 12.1 Å². The first-order valence-electron chi connectivity index (χ1n) is 5.95. The van der Waals surface area contributed by atoms with Crippen LogP contribution < -0.4 is 4.90 Å². The van der Waals surface area contributed by atoms with E-state index in [9.17, 15) is 19.2 Å². The molecule has 3 rings (SSSR count). The molecule has 2 amide bonds. The Morgan fingerprint density at radius 2 is 1.55 bits per heavy atom. The molecular weight excluding hydrogens is 282 g/mol. The fourth-order valence-electron chi connectivity index (χ4n) is 2.36. The van der Waals surface area contributed by atoms with Gasteiger partial charge in [-0.3, -0.25) is 19.2 Å². The Labute approximate surface area is 118 Å². The van der Waals surface area contributed by atoms with Gasteiger partial charge in [0.2, 0.25) is 11.6 Å². The number of rotatable bonds is 1. The topological polar surface area (TPSA) is 71.5 Å². The third-order valence-electron chi connectivity index (χ3n) is 3.35. The monoisotopic (exact) mass is 289 g/mol. The average Bonchev–Trinajstić information content (AvgIpc) is 2.68. The molecule has 5 nitrogen and oxygen atoms in total. The molecule has 0 saturated heterocycles. The molecule has 0 radical (unpaired) electrons. The summed E-state index contributed by atoms with van der Waals surface area (Å²) >= 11 is 5.76. The molecule has 1 aromatic carbocycles. The van der Waals surface area contributed by atoms with Crippen LogP contribution in [0.3, 0.4) is 0 Å². The Kier molecular flexibility index (Phi) is 2.79. The average molecular weight is 290 g/mol. The summed E-state index contributed by atoms with van der Waals surface area (Å²) in [6.45, 7) is 0. The Morgan fingerprint density at radius 1 is 0.900 bits per heavy atom. The van der Waals surface area contributed by atoms with Crippen LogP contribution in [0.2, 0.25) is 5.02 Å². The van der Waals surface area contributed by atoms with Crippen molar-refractivity contribution >= 4 is 40.7 Å². The van der Waals surface area contributed by atoms with E-state index >= 15 is 0 Å². The Bertz CT molecular complexity index is 702. The van der Waals surface area contributed by atoms with Crippen LogP contribution >= 0.6 is 11.6 Å². The molecule has 0 bridgehead atoms. The van der Waals surface area contributed by atoms with Gasteiger partial charge in [0.1, 0.15) is 5.57 Å². The first-order valence-corrected chi connectivity index (χ1v) is 6.33. The third kappa shape index (κ3) is 1.71. The third-order valence-corrected chi connectivity index (χ3v) is 3.60. The minimum absolute atomic E-state index is 0.0227. The minimum atomic E-state index is -0.860. The maximum atomic E-state index is 12.2. The Morgan fingerprint density at radius 3 is 2.20 bits per heavy atom. The van der Waals surface area contributed by atoms with Crippen LogP contribution in [0.15, 0.2) is 35.4 Å². The van der Waals surface area contributed by atoms with Gasteiger partial charge in [-0.1, -0.05) is 11.6 Å². The van der Waals surface area contributed by atoms with Crippen molar-refractivity contribution in [3.05, 3.63) is 40.4 Å². The number of ketones is 2. The number of hydrogen-bond donors (Lipinski definition) is 0. The van der Waals surface area contributed by atoms with E-state index in [1.807, 2.05) is 0 Å². The van der Waals surface area contributed by atoms with Gasteiger partial charge < -0.3 is 0 Å². The van der Waals surface area contributed by atoms with Crippen LogP contribution in [0, 0.1) is 0 Å². The SMILES string of the molecule is O=C1CCC2=C(C1=O)C(=O)N(c1ccc(Cl)cc1)C2=O. The summed E-state index contributed by atoms with van der Waals surface area (Å²) in [7, 11) is 0. The number of halogens is 1. The number of nitrogens with zero attached hydrogens (tertiary/aromatic N) is 1. The van der Waals surface area contributed by atoms with E-state index < -0.39 is 23.4 Å². The van der Waals surface area contributed by atoms with Crippen LogP contribution in [0.5, 0.6) is 0 Å². The molecule has 0 fully saturated rings. The van der Waals surface area contributed by atoms with E-state index in [4.69, 9.17) is 11.6 Å². The van der Waals surface area contributed by atoms with Crippen molar-refractivity contribution in [2.24, 2.45) is 0 Å². The number of carbonyl (C=O) groups is 4. The van der Waals surface area contributed by atoms with Gasteiger partial charge in [-0.2, -0.15) is 0 Å². The summed E-state index contributed by atoms with van der Waals surface area (Å²) in [6, 6.07) is 6.12. The summed E-state index contributed by atoms with van der Waals surface area (Å²) < 4.78 is 0. The van der Waals surface area contributed by atoms with E-state index in [1.54, 1.807) is 12.1 Å². The largest absolute Gasteiger partial charge is 0.290 e. The number of Topliss-reactive ketones (excluding diaryl/α,β-unsaturated/α-hetero) is 2. The lowest BCUT2D eigenvalue weighted by atomic mass is 9.91. The van der Waals surface area contributed by atoms with Crippen LogP contribution in [0.25, 0.3) is 0 Å². The standard InChI is InChI=1S/C14H8ClNO4/c15-7-1-3-8(4-2-7)16-13(19)9-5-6-10(17)12(18)11(9)14(16)20/h1-4H,5-6H2. The molecule has 2 aliphatic rings. The van der Waals surface area contributed by atoms with Crippen LogP contribution in [-0.4, -0.2) is 23.4 Å². The van der Waals surface area contributed by atoms with E-state index in [0.29, 0.717) is 10.7 Å². The van der Waals surface area contributed by atoms with Crippen LogP contribution in [0.1, 0.15) is 12.8 Å². The van der Waals surface area contributed by atoms with Crippen molar-refractivity contribution in [1.29, 1.82) is 0 Å². The smallest absolute Gasteiger partial charge is 0.269 e. The Balaban J connectivity index is 2.05. The molecule has 20 heavy (non-hydrogen) atoms. The fourth-order valence-corrected chi connectivity index (χ4v) is 2.48. The number of hydrogen-bond acceptors (Lipinski definition) is 4. The molecule has 0 N–H and O–H groups in total. The van der Waals surface area contributed by atoms with E-state index in [2.05, 4.69) is 0 Å². The molecular formula is C14H8ClNO4. The van der Waals surface area contributed by atoms with Gasteiger partial charge in [0, 0.05) is 17.0 Å². The number of imide groups is 1. The highest BCUT2D eigenvalue weighted by Gasteiger charge is 2.46. The van der Waals surface area contributed by atoms with Crippen molar-refractivity contribution in [2.75, 3.05) is 4.90 Å². The molecule has 1 aliphatic heterocycles. The molecule has 1 aromatic rings. The second-order valence-corrected chi connectivity index (χ2v) is 4.96. The minimum Gasteiger partial charge on any atom is -0.290 e. The highest BCUT2D eigenvalue weighted by atomic mass is 35.5. The zero-order valence-corrected chi connectivity index (χ0v) is 10.9. The zero-order valence-electron chi connectivity index (χ0n) is 10.2. The van der Waals surface area contributed by atoms with Crippen molar-refractivity contribution < 1.29 is 19.2 Å². The van der Waals surface area contributed by atoms with Crippen molar-refractivity contribution in [2.45, 2.75) is 12.8 Å². The van der Waals surface area contributed by atoms with Crippen LogP contribution in [-0.2, 0) is 19.2 Å². The van der Waals surface area contributed by atoms with E-state index in [0.717, 1.165) is 4.90 Å². The van der Waals surface area contributed by atoms with Crippen molar-refractivity contribution in [1.82, 2.24) is 0 Å². The molecule has 0 atom stereocenters. The molecule has 6 heteroatoms. The van der Waals surface area contributed by atoms with Gasteiger partial charge in [0.05, 0.1) is 5.69 Å². The summed E-state index contributed by atoms with van der Waals surface area (Å²) in [5.74, 6) is -2.75. The molecule has 0 spiro atoms. The Hall–Kier alpha value is -2.27. The predicted molar refractivity (Wildman–Crippen MR) is 70.2 cm³/mol. The van der Waals surface area contributed by atoms with Crippen molar-refractivity contribution in [3.8, 4) is 0 Å². The molecule has 0 aromatic heterocycles. The lowest BCUT2D eigenvalue weighted by molar-refractivity contribution is -0.135. The van der Waals surface area contributed by atoms with Crippen molar-refractivity contribution in [3.63, 3.8) is 0 Å². The van der Waals surface area contributed by atoms with Crippen LogP contribution in [0.4, 0.5) is 5.69 Å². The number of anilines is 1. The summed E-state index contributed by atoms with van der Waals surface area (Å²) in [5.41, 5.74) is 0.190.